The number of ether oxygens (including phenoxy) is 1. The van der Waals surface area contributed by atoms with Gasteiger partial charge in [-0.2, -0.15) is 29.3 Å². The number of allylic oxidation sites excluding steroid dienone is 4. The Hall–Kier alpha value is 0.140. The number of nitrogens with one attached hydrogen (secondary N) is 1. The van der Waals surface area contributed by atoms with Crippen LogP contribution in [-0.4, -0.2) is 23.4 Å². The van der Waals surface area contributed by atoms with Crippen LogP contribution in [0.4, 0.5) is 0 Å². The standard InChI is InChI=1S/C12H24N.C9H13.C7H7O.CH5Si.2ClH.Zr/c13-12-10-8-6-4-2-1-3-5-7-9-11-12;1-6-5-7(2)9(4)8(6)3;1-8-7-5-3-2-4-6-7;1-2;;;/h12-13H,1-11H2;6H,1-4H3;2-5H,1H3;2H2,1H3;2*1H;/q3*-1;;;;+3. The molecule has 1 unspecified atom stereocenters. The van der Waals surface area contributed by atoms with Crippen LogP contribution in [0.15, 0.2) is 41.0 Å². The van der Waals surface area contributed by atoms with Crippen molar-refractivity contribution in [2.45, 2.75) is 111 Å². The van der Waals surface area contributed by atoms with Crippen LogP contribution in [0.1, 0.15) is 98.3 Å². The minimum atomic E-state index is 0. The molecule has 1 fully saturated rings. The molecule has 1 aromatic rings. The summed E-state index contributed by atoms with van der Waals surface area (Å²) in [7, 11) is 3.49. The van der Waals surface area contributed by atoms with Crippen molar-refractivity contribution in [3.8, 4) is 5.75 Å². The largest absolute Gasteiger partial charge is 3.00 e. The van der Waals surface area contributed by atoms with Gasteiger partial charge in [-0.3, -0.25) is 6.08 Å². The van der Waals surface area contributed by atoms with Crippen molar-refractivity contribution < 1.29 is 30.9 Å². The normalized spacial score (nSPS) is 18.3. The second-order valence-corrected chi connectivity index (χ2v) is 8.69. The molecule has 0 bridgehead atoms. The van der Waals surface area contributed by atoms with Gasteiger partial charge in [0.15, 0.2) is 0 Å². The Morgan fingerprint density at radius 1 is 0.857 bits per heavy atom. The summed E-state index contributed by atoms with van der Waals surface area (Å²) in [5.74, 6) is 1.34. The zero-order chi connectivity index (χ0) is 24.2. The van der Waals surface area contributed by atoms with E-state index in [4.69, 9.17) is 10.5 Å². The molecular formula is C29H51Cl2NOSiZr. The fraction of sp³-hybridized carbons (Fsp3) is 0.655. The van der Waals surface area contributed by atoms with E-state index in [1.807, 2.05) is 41.1 Å². The zero-order valence-electron chi connectivity index (χ0n) is 23.2. The summed E-state index contributed by atoms with van der Waals surface area (Å²) in [5.41, 5.74) is 12.0. The van der Waals surface area contributed by atoms with Crippen LogP contribution >= 0.6 is 24.8 Å². The van der Waals surface area contributed by atoms with Crippen molar-refractivity contribution >= 4 is 35.1 Å². The Balaban J connectivity index is -0.000000196. The molecule has 1 saturated carbocycles. The van der Waals surface area contributed by atoms with Crippen LogP contribution in [0.2, 0.25) is 6.55 Å². The van der Waals surface area contributed by atoms with Crippen molar-refractivity contribution in [2.24, 2.45) is 5.92 Å². The number of halogens is 2. The molecule has 0 spiro atoms. The van der Waals surface area contributed by atoms with Crippen LogP contribution in [-0.2, 0) is 26.2 Å². The predicted molar refractivity (Wildman–Crippen MR) is 160 cm³/mol. The van der Waals surface area contributed by atoms with Crippen LogP contribution < -0.4 is 4.74 Å². The third kappa shape index (κ3) is 21.9. The van der Waals surface area contributed by atoms with E-state index in [9.17, 15) is 0 Å². The number of methoxy groups -OCH3 is 1. The molecule has 0 aromatic heterocycles. The molecule has 0 saturated heterocycles. The van der Waals surface area contributed by atoms with Gasteiger partial charge in [-0.15, -0.1) is 49.9 Å². The number of benzene rings is 1. The summed E-state index contributed by atoms with van der Waals surface area (Å²) < 4.78 is 4.86. The Morgan fingerprint density at radius 2 is 1.31 bits per heavy atom. The minimum absolute atomic E-state index is 0. The summed E-state index contributed by atoms with van der Waals surface area (Å²) in [6, 6.07) is 10.6. The van der Waals surface area contributed by atoms with E-state index >= 15 is 0 Å². The molecule has 2 nitrogen and oxygen atoms in total. The summed E-state index contributed by atoms with van der Waals surface area (Å²) in [6.07, 6.45) is 18.1. The molecule has 1 N–H and O–H groups in total. The van der Waals surface area contributed by atoms with Gasteiger partial charge in [0.2, 0.25) is 0 Å². The number of hydrogen-bond donors (Lipinski definition) is 0. The molecule has 0 amide bonds. The van der Waals surface area contributed by atoms with Gasteiger partial charge in [-0.1, -0.05) is 104 Å². The van der Waals surface area contributed by atoms with E-state index in [-0.39, 0.29) is 57.1 Å². The molecule has 0 aliphatic heterocycles. The fourth-order valence-electron chi connectivity index (χ4n) is 3.83. The first-order valence-corrected chi connectivity index (χ1v) is 14.1. The van der Waals surface area contributed by atoms with Gasteiger partial charge in [-0.25, -0.2) is 5.57 Å². The number of para-hydroxylation sites is 1. The molecule has 3 rings (SSSR count). The number of rotatable bonds is 1. The van der Waals surface area contributed by atoms with Crippen LogP contribution in [0, 0.1) is 18.1 Å². The zero-order valence-corrected chi connectivity index (χ0v) is 28.7. The average molecular weight is 620 g/mol. The van der Waals surface area contributed by atoms with E-state index < -0.39 is 0 Å². The Kier molecular flexibility index (Phi) is 34.6. The monoisotopic (exact) mass is 617 g/mol. The first kappa shape index (κ1) is 42.2. The van der Waals surface area contributed by atoms with Crippen LogP contribution in [0.25, 0.3) is 5.73 Å². The maximum atomic E-state index is 7.80. The summed E-state index contributed by atoms with van der Waals surface area (Å²) in [4.78, 5) is 0. The maximum absolute atomic E-state index is 7.80. The Morgan fingerprint density at radius 3 is 1.57 bits per heavy atom. The van der Waals surface area contributed by atoms with Gasteiger partial charge in [0, 0.05) is 16.0 Å². The topological polar surface area (TPSA) is 33.0 Å². The molecule has 6 heteroatoms. The van der Waals surface area contributed by atoms with Crippen molar-refractivity contribution in [3.63, 3.8) is 0 Å². The smallest absolute Gasteiger partial charge is 0.675 e. The molecule has 2 aliphatic carbocycles. The second kappa shape index (κ2) is 28.7. The van der Waals surface area contributed by atoms with E-state index in [0.29, 0.717) is 5.92 Å². The van der Waals surface area contributed by atoms with E-state index in [0.717, 1.165) is 18.6 Å². The van der Waals surface area contributed by atoms with Crippen molar-refractivity contribution in [2.75, 3.05) is 7.11 Å². The minimum Gasteiger partial charge on any atom is -0.675 e. The maximum Gasteiger partial charge on any atom is 3.00 e. The molecular weight excluding hydrogens is 569 g/mol. The molecule has 35 heavy (non-hydrogen) atoms. The Labute approximate surface area is 253 Å². The van der Waals surface area contributed by atoms with Crippen molar-refractivity contribution in [1.82, 2.24) is 0 Å². The molecule has 0 heterocycles. The molecule has 1 aromatic carbocycles. The molecule has 1 atom stereocenters. The fourth-order valence-corrected chi connectivity index (χ4v) is 3.83. The van der Waals surface area contributed by atoms with Gasteiger partial charge < -0.3 is 10.5 Å². The van der Waals surface area contributed by atoms with Gasteiger partial charge in [0.25, 0.3) is 0 Å². The summed E-state index contributed by atoms with van der Waals surface area (Å²) in [5, 5.41) is 0. The van der Waals surface area contributed by atoms with E-state index in [2.05, 4.69) is 39.8 Å². The summed E-state index contributed by atoms with van der Waals surface area (Å²) >= 11 is 0. The van der Waals surface area contributed by atoms with Gasteiger partial charge in [0.1, 0.15) is 0 Å². The van der Waals surface area contributed by atoms with Gasteiger partial charge in [-0.05, 0) is 0 Å². The third-order valence-corrected chi connectivity index (χ3v) is 6.24. The molecule has 200 valence electrons. The second-order valence-electron chi connectivity index (χ2n) is 8.69. The first-order valence-electron chi connectivity index (χ1n) is 12.7. The first-order chi connectivity index (χ1) is 15.5. The van der Waals surface area contributed by atoms with Crippen LogP contribution in [0.5, 0.6) is 5.75 Å². The number of hydrogen-bond acceptors (Lipinski definition) is 1. The SMILES string of the molecule is CC1=[C-]C(C)C(C)=C1C.COc1[c-]cccc1.C[SiH2].Cl.Cl.[NH-]C1CCCCCCCCCCC1.[Zr+3]. The van der Waals surface area contributed by atoms with Gasteiger partial charge >= 0.3 is 26.2 Å². The van der Waals surface area contributed by atoms with Crippen molar-refractivity contribution in [1.29, 1.82) is 0 Å². The Bertz CT molecular complexity index is 629. The predicted octanol–water partition coefficient (Wildman–Crippen LogP) is 9.44. The summed E-state index contributed by atoms with van der Waals surface area (Å²) in [6.45, 7) is 10.7. The quantitative estimate of drug-likeness (QED) is 0.228. The molecule has 2 radical (unpaired) electrons. The van der Waals surface area contributed by atoms with Crippen LogP contribution in [0.3, 0.4) is 0 Å². The van der Waals surface area contributed by atoms with E-state index in [1.54, 1.807) is 7.11 Å². The average Bonchev–Trinajstić information content (AvgIpc) is 3.04. The van der Waals surface area contributed by atoms with Crippen molar-refractivity contribution in [3.05, 3.63) is 58.9 Å². The van der Waals surface area contributed by atoms with Gasteiger partial charge in [0.05, 0.1) is 7.11 Å². The third-order valence-electron chi connectivity index (χ3n) is 6.24. The molecule has 2 aliphatic rings. The van der Waals surface area contributed by atoms with E-state index in [1.165, 1.54) is 74.5 Å².